The summed E-state index contributed by atoms with van der Waals surface area (Å²) in [6, 6.07) is 0.638. The van der Waals surface area contributed by atoms with Crippen LogP contribution in [0.15, 0.2) is 77.0 Å². The molecule has 3 heteroatoms. The summed E-state index contributed by atoms with van der Waals surface area (Å²) in [7, 11) is 2.00. The molecule has 0 aromatic rings. The minimum absolute atomic E-state index is 0.116. The maximum Gasteiger partial charge on any atom is 0.0524 e. The highest BCUT2D eigenvalue weighted by molar-refractivity contribution is 5.80. The Hall–Kier alpha value is -2.13. The third-order valence-corrected chi connectivity index (χ3v) is 5.23. The zero-order valence-electron chi connectivity index (χ0n) is 18.6. The van der Waals surface area contributed by atoms with Crippen LogP contribution in [0.5, 0.6) is 0 Å². The van der Waals surface area contributed by atoms with Crippen molar-refractivity contribution in [1.29, 1.82) is 0 Å². The van der Waals surface area contributed by atoms with Crippen molar-refractivity contribution in [3.8, 4) is 0 Å². The van der Waals surface area contributed by atoms with E-state index in [0.717, 1.165) is 35.1 Å². The first-order valence-electron chi connectivity index (χ1n) is 11.0. The molecule has 2 saturated carbocycles. The molecule has 0 saturated heterocycles. The SMILES string of the molecule is C=C(C)/C=C(\C=N/C1CC1)CN/C=C(/C(=C)C(=C)C1CC1)C(/C=C\CCC)NC. The fourth-order valence-corrected chi connectivity index (χ4v) is 3.14. The Morgan fingerprint density at radius 3 is 2.45 bits per heavy atom. The summed E-state index contributed by atoms with van der Waals surface area (Å²) in [5.74, 6) is 0.604. The molecule has 1 atom stereocenters. The molecule has 2 aliphatic rings. The molecule has 2 rings (SSSR count). The van der Waals surface area contributed by atoms with Crippen LogP contribution in [-0.2, 0) is 0 Å². The monoisotopic (exact) mass is 393 g/mol. The Morgan fingerprint density at radius 2 is 1.90 bits per heavy atom. The third-order valence-electron chi connectivity index (χ3n) is 5.23. The molecule has 0 radical (unpaired) electrons. The average molecular weight is 394 g/mol. The highest BCUT2D eigenvalue weighted by atomic mass is 14.9. The molecular weight excluding hydrogens is 354 g/mol. The number of nitrogens with zero attached hydrogens (tertiary/aromatic N) is 1. The summed E-state index contributed by atoms with van der Waals surface area (Å²) in [5, 5.41) is 6.92. The van der Waals surface area contributed by atoms with Gasteiger partial charge in [0.05, 0.1) is 12.1 Å². The molecule has 0 heterocycles. The molecule has 0 spiro atoms. The van der Waals surface area contributed by atoms with E-state index in [1.807, 2.05) is 20.2 Å². The van der Waals surface area contributed by atoms with Crippen LogP contribution in [0.2, 0.25) is 0 Å². The maximum atomic E-state index is 4.63. The van der Waals surface area contributed by atoms with Gasteiger partial charge in [-0.25, -0.2) is 0 Å². The van der Waals surface area contributed by atoms with Gasteiger partial charge in [-0.3, -0.25) is 4.99 Å². The van der Waals surface area contributed by atoms with Gasteiger partial charge in [0.25, 0.3) is 0 Å². The van der Waals surface area contributed by atoms with Gasteiger partial charge >= 0.3 is 0 Å². The summed E-state index contributed by atoms with van der Waals surface area (Å²) in [6.45, 7) is 17.7. The highest BCUT2D eigenvalue weighted by Crippen LogP contribution is 2.40. The van der Waals surface area contributed by atoms with Crippen molar-refractivity contribution in [2.75, 3.05) is 13.6 Å². The quantitative estimate of drug-likeness (QED) is 0.227. The van der Waals surface area contributed by atoms with Crippen molar-refractivity contribution < 1.29 is 0 Å². The lowest BCUT2D eigenvalue weighted by Gasteiger charge is -2.21. The van der Waals surface area contributed by atoms with E-state index in [0.29, 0.717) is 18.5 Å². The van der Waals surface area contributed by atoms with Gasteiger partial charge in [-0.05, 0) is 74.3 Å². The number of allylic oxidation sites excluding steroid dienone is 4. The average Bonchev–Trinajstić information content (AvgIpc) is 3.59. The van der Waals surface area contributed by atoms with E-state index < -0.39 is 0 Å². The molecule has 0 amide bonds. The number of rotatable bonds is 14. The molecule has 3 nitrogen and oxygen atoms in total. The largest absolute Gasteiger partial charge is 0.386 e. The van der Waals surface area contributed by atoms with Crippen LogP contribution in [-0.4, -0.2) is 31.9 Å². The van der Waals surface area contributed by atoms with Crippen LogP contribution in [0.25, 0.3) is 0 Å². The van der Waals surface area contributed by atoms with Crippen LogP contribution >= 0.6 is 0 Å². The van der Waals surface area contributed by atoms with Crippen LogP contribution in [0.4, 0.5) is 0 Å². The zero-order valence-corrected chi connectivity index (χ0v) is 18.6. The van der Waals surface area contributed by atoms with Crippen molar-refractivity contribution in [3.63, 3.8) is 0 Å². The minimum Gasteiger partial charge on any atom is -0.386 e. The van der Waals surface area contributed by atoms with Gasteiger partial charge in [0.1, 0.15) is 0 Å². The number of aliphatic imine (C=N–C) groups is 1. The predicted molar refractivity (Wildman–Crippen MR) is 128 cm³/mol. The van der Waals surface area contributed by atoms with E-state index in [1.165, 1.54) is 31.3 Å². The van der Waals surface area contributed by atoms with Gasteiger partial charge in [-0.1, -0.05) is 56.9 Å². The van der Waals surface area contributed by atoms with Crippen molar-refractivity contribution in [3.05, 3.63) is 72.0 Å². The molecular formula is C26H39N3. The van der Waals surface area contributed by atoms with Crippen LogP contribution in [0.3, 0.4) is 0 Å². The lowest BCUT2D eigenvalue weighted by Crippen LogP contribution is -2.28. The van der Waals surface area contributed by atoms with Crippen molar-refractivity contribution in [2.24, 2.45) is 10.9 Å². The summed E-state index contributed by atoms with van der Waals surface area (Å²) in [5.41, 5.74) is 5.57. The summed E-state index contributed by atoms with van der Waals surface area (Å²) in [4.78, 5) is 4.63. The molecule has 0 aromatic heterocycles. The van der Waals surface area contributed by atoms with E-state index in [2.05, 4.69) is 66.7 Å². The second kappa shape index (κ2) is 11.8. The molecule has 1 unspecified atom stereocenters. The molecule has 2 N–H and O–H groups in total. The first-order valence-corrected chi connectivity index (χ1v) is 11.0. The number of hydrogen-bond acceptors (Lipinski definition) is 3. The second-order valence-corrected chi connectivity index (χ2v) is 8.32. The molecule has 0 bridgehead atoms. The van der Waals surface area contributed by atoms with Gasteiger partial charge in [-0.2, -0.15) is 0 Å². The Kier molecular flexibility index (Phi) is 9.40. The molecule has 158 valence electrons. The van der Waals surface area contributed by atoms with E-state index in [1.54, 1.807) is 0 Å². The Bertz CT molecular complexity index is 712. The summed E-state index contributed by atoms with van der Waals surface area (Å²) < 4.78 is 0. The smallest absolute Gasteiger partial charge is 0.0524 e. The van der Waals surface area contributed by atoms with E-state index in [9.17, 15) is 0 Å². The summed E-state index contributed by atoms with van der Waals surface area (Å²) in [6.07, 6.45) is 17.8. The van der Waals surface area contributed by atoms with Crippen LogP contribution in [0, 0.1) is 5.92 Å². The highest BCUT2D eigenvalue weighted by Gasteiger charge is 2.28. The molecule has 29 heavy (non-hydrogen) atoms. The first-order chi connectivity index (χ1) is 14.0. The number of unbranched alkanes of at least 4 members (excludes halogenated alkanes) is 1. The van der Waals surface area contributed by atoms with E-state index in [-0.39, 0.29) is 6.04 Å². The minimum atomic E-state index is 0.116. The first kappa shape index (κ1) is 23.2. The maximum absolute atomic E-state index is 4.63. The Morgan fingerprint density at radius 1 is 1.17 bits per heavy atom. The predicted octanol–water partition coefficient (Wildman–Crippen LogP) is 5.66. The number of likely N-dealkylation sites (N-methyl/N-ethyl adjacent to an activating group) is 1. The standard InChI is InChI=1S/C26H39N3/c1-7-8-9-10-26(27-6)25(21(5)20(4)23-11-12-23)18-28-16-22(15-19(2)3)17-29-24-13-14-24/h9-10,15,17-18,23-24,26-28H,2,4-5,7-8,11-14,16H2,1,3,6H3/b10-9-,22-15-,25-18-,29-17-. The number of hydrogen-bond donors (Lipinski definition) is 2. The van der Waals surface area contributed by atoms with Crippen LogP contribution < -0.4 is 10.6 Å². The van der Waals surface area contributed by atoms with Gasteiger partial charge < -0.3 is 10.6 Å². The fraction of sp³-hybridized carbons (Fsp3) is 0.500. The van der Waals surface area contributed by atoms with Crippen molar-refractivity contribution in [2.45, 2.75) is 64.5 Å². The Labute approximate surface area is 178 Å². The number of nitrogens with one attached hydrogen (secondary N) is 2. The van der Waals surface area contributed by atoms with Gasteiger partial charge in [0.15, 0.2) is 0 Å². The van der Waals surface area contributed by atoms with E-state index in [4.69, 9.17) is 0 Å². The normalized spacial score (nSPS) is 19.0. The van der Waals surface area contributed by atoms with Crippen molar-refractivity contribution in [1.82, 2.24) is 10.6 Å². The van der Waals surface area contributed by atoms with Crippen LogP contribution in [0.1, 0.15) is 52.4 Å². The molecule has 2 aliphatic carbocycles. The van der Waals surface area contributed by atoms with Gasteiger partial charge in [0.2, 0.25) is 0 Å². The van der Waals surface area contributed by atoms with Gasteiger partial charge in [0, 0.05) is 19.0 Å². The zero-order chi connectivity index (χ0) is 21.2. The van der Waals surface area contributed by atoms with Gasteiger partial charge in [-0.15, -0.1) is 0 Å². The third kappa shape index (κ3) is 8.41. The lowest BCUT2D eigenvalue weighted by atomic mass is 9.92. The molecule has 2 fully saturated rings. The lowest BCUT2D eigenvalue weighted by molar-refractivity contribution is 0.741. The second-order valence-electron chi connectivity index (χ2n) is 8.32. The van der Waals surface area contributed by atoms with E-state index >= 15 is 0 Å². The van der Waals surface area contributed by atoms with Crippen molar-refractivity contribution >= 4 is 6.21 Å². The topological polar surface area (TPSA) is 36.4 Å². The molecule has 0 aromatic carbocycles. The fourth-order valence-electron chi connectivity index (χ4n) is 3.14. The molecule has 0 aliphatic heterocycles. The summed E-state index contributed by atoms with van der Waals surface area (Å²) >= 11 is 0. The Balaban J connectivity index is 2.14.